The van der Waals surface area contributed by atoms with Gasteiger partial charge in [0.25, 0.3) is 0 Å². The molecule has 2 saturated heterocycles. The Labute approximate surface area is 191 Å². The summed E-state index contributed by atoms with van der Waals surface area (Å²) in [5, 5.41) is 0. The van der Waals surface area contributed by atoms with Crippen molar-refractivity contribution in [2.75, 3.05) is 4.90 Å². The number of anilines is 1. The molecular weight excluding hydrogens is 444 g/mol. The second kappa shape index (κ2) is 6.98. The summed E-state index contributed by atoms with van der Waals surface area (Å²) in [5.74, 6) is -7.22. The Morgan fingerprint density at radius 1 is 0.735 bits per heavy atom. The number of nitrogens with zero attached hydrogens (tertiary/aromatic N) is 1. The fourth-order valence-electron chi connectivity index (χ4n) is 5.34. The molecule has 1 aliphatic carbocycles. The van der Waals surface area contributed by atoms with Crippen molar-refractivity contribution in [2.24, 2.45) is 11.8 Å². The molecule has 34 heavy (non-hydrogen) atoms. The highest BCUT2D eigenvalue weighted by Crippen LogP contribution is 2.57. The van der Waals surface area contributed by atoms with E-state index in [9.17, 15) is 28.0 Å². The summed E-state index contributed by atoms with van der Waals surface area (Å²) in [5.41, 5.74) is -2.02. The van der Waals surface area contributed by atoms with Gasteiger partial charge in [-0.15, -0.1) is 0 Å². The highest BCUT2D eigenvalue weighted by Gasteiger charge is 2.74. The van der Waals surface area contributed by atoms with Crippen molar-refractivity contribution in [2.45, 2.75) is 11.7 Å². The Hall–Kier alpha value is -4.04. The molecule has 2 fully saturated rings. The number of benzene rings is 3. The van der Waals surface area contributed by atoms with Crippen molar-refractivity contribution in [1.82, 2.24) is 0 Å². The molecule has 168 valence electrons. The molecule has 2 heterocycles. The van der Waals surface area contributed by atoms with Gasteiger partial charge in [-0.2, -0.15) is 0 Å². The van der Waals surface area contributed by atoms with Gasteiger partial charge < -0.3 is 4.74 Å². The van der Waals surface area contributed by atoms with E-state index in [1.165, 1.54) is 42.5 Å². The number of halogens is 2. The van der Waals surface area contributed by atoms with Crippen LogP contribution in [0.25, 0.3) is 0 Å². The van der Waals surface area contributed by atoms with E-state index in [0.717, 1.165) is 18.2 Å². The lowest BCUT2D eigenvalue weighted by atomic mass is 9.77. The molecule has 2 amide bonds. The van der Waals surface area contributed by atoms with E-state index in [1.54, 1.807) is 12.1 Å². The third-order valence-corrected chi connectivity index (χ3v) is 6.81. The van der Waals surface area contributed by atoms with Crippen LogP contribution in [0.15, 0.2) is 72.8 Å². The molecule has 2 aliphatic heterocycles. The topological polar surface area (TPSA) is 80.8 Å². The fraction of sp³-hybridized carbons (Fsp3) is 0.154. The van der Waals surface area contributed by atoms with Gasteiger partial charge in [0.05, 0.1) is 23.6 Å². The maximum absolute atomic E-state index is 14.6. The van der Waals surface area contributed by atoms with Gasteiger partial charge in [0.1, 0.15) is 11.6 Å². The average molecular weight is 459 g/mol. The van der Waals surface area contributed by atoms with Crippen molar-refractivity contribution in [3.63, 3.8) is 0 Å². The second-order valence-corrected chi connectivity index (χ2v) is 8.50. The largest absolute Gasteiger partial charge is 0.349 e. The minimum Gasteiger partial charge on any atom is -0.349 e. The van der Waals surface area contributed by atoms with Crippen LogP contribution in [-0.4, -0.2) is 29.0 Å². The molecule has 0 aromatic heterocycles. The van der Waals surface area contributed by atoms with E-state index in [0.29, 0.717) is 10.5 Å². The van der Waals surface area contributed by atoms with Crippen molar-refractivity contribution in [3.8, 4) is 0 Å². The summed E-state index contributed by atoms with van der Waals surface area (Å²) in [6.07, 6.45) is -1.19. The van der Waals surface area contributed by atoms with Crippen LogP contribution < -0.4 is 4.90 Å². The summed E-state index contributed by atoms with van der Waals surface area (Å²) in [6.45, 7) is 0. The monoisotopic (exact) mass is 459 g/mol. The van der Waals surface area contributed by atoms with Crippen LogP contribution >= 0.6 is 0 Å². The lowest BCUT2D eigenvalue weighted by molar-refractivity contribution is -0.127. The van der Waals surface area contributed by atoms with Gasteiger partial charge in [-0.1, -0.05) is 48.5 Å². The molecule has 6 nitrogen and oxygen atoms in total. The number of Topliss-reactive ketones (excluding diaryl/α,β-unsaturated/α-hetero) is 2. The Kier molecular flexibility index (Phi) is 4.22. The molecule has 0 unspecified atom stereocenters. The number of amides is 2. The van der Waals surface area contributed by atoms with Gasteiger partial charge >= 0.3 is 0 Å². The van der Waals surface area contributed by atoms with Crippen molar-refractivity contribution in [3.05, 3.63) is 101 Å². The van der Waals surface area contributed by atoms with Gasteiger partial charge in [-0.05, 0) is 29.8 Å². The lowest BCUT2D eigenvalue weighted by Crippen LogP contribution is -2.51. The van der Waals surface area contributed by atoms with Crippen LogP contribution in [0.2, 0.25) is 0 Å². The molecule has 8 heteroatoms. The van der Waals surface area contributed by atoms with Crippen molar-refractivity contribution in [1.29, 1.82) is 0 Å². The molecule has 6 rings (SSSR count). The second-order valence-electron chi connectivity index (χ2n) is 8.50. The molecule has 3 aromatic carbocycles. The van der Waals surface area contributed by atoms with Crippen LogP contribution in [0.1, 0.15) is 32.4 Å². The average Bonchev–Trinajstić information content (AvgIpc) is 3.40. The van der Waals surface area contributed by atoms with Gasteiger partial charge in [-0.3, -0.25) is 19.2 Å². The van der Waals surface area contributed by atoms with Crippen LogP contribution in [0, 0.1) is 23.5 Å². The highest BCUT2D eigenvalue weighted by atomic mass is 19.1. The summed E-state index contributed by atoms with van der Waals surface area (Å²) >= 11 is 0. The standard InChI is InChI=1S/C26H15F2NO5/c27-14-11-9-13(10-12-14)21-19-20(25(33)29(24(19)32)18-8-4-3-7-17(18)28)26(34-21)22(30)15-5-1-2-6-16(15)23(26)31/h1-12,19-21H/t19-,20+,21-/m0/s1. The van der Waals surface area contributed by atoms with Gasteiger partial charge in [0.15, 0.2) is 0 Å². The van der Waals surface area contributed by atoms with Crippen LogP contribution in [0.5, 0.6) is 0 Å². The summed E-state index contributed by atoms with van der Waals surface area (Å²) in [6, 6.07) is 16.4. The summed E-state index contributed by atoms with van der Waals surface area (Å²) < 4.78 is 34.3. The quantitative estimate of drug-likeness (QED) is 0.432. The van der Waals surface area contributed by atoms with E-state index in [4.69, 9.17) is 4.74 Å². The number of ketones is 2. The number of carbonyl (C=O) groups is 4. The van der Waals surface area contributed by atoms with Gasteiger partial charge in [0.2, 0.25) is 29.0 Å². The van der Waals surface area contributed by atoms with E-state index in [2.05, 4.69) is 0 Å². The van der Waals surface area contributed by atoms with Crippen LogP contribution in [0.3, 0.4) is 0 Å². The Bertz CT molecular complexity index is 1380. The molecule has 1 spiro atoms. The zero-order valence-electron chi connectivity index (χ0n) is 17.4. The van der Waals surface area contributed by atoms with Crippen molar-refractivity contribution >= 4 is 29.1 Å². The smallest absolute Gasteiger partial charge is 0.241 e. The minimum atomic E-state index is -2.26. The molecular formula is C26H15F2NO5. The predicted octanol–water partition coefficient (Wildman–Crippen LogP) is 3.66. The predicted molar refractivity (Wildman–Crippen MR) is 114 cm³/mol. The Morgan fingerprint density at radius 3 is 1.94 bits per heavy atom. The van der Waals surface area contributed by atoms with E-state index >= 15 is 0 Å². The fourth-order valence-corrected chi connectivity index (χ4v) is 5.34. The zero-order chi connectivity index (χ0) is 23.8. The maximum atomic E-state index is 14.6. The highest BCUT2D eigenvalue weighted by molar-refractivity contribution is 6.37. The third-order valence-electron chi connectivity index (χ3n) is 6.81. The first-order valence-corrected chi connectivity index (χ1v) is 10.6. The number of ether oxygens (including phenoxy) is 1. The summed E-state index contributed by atoms with van der Waals surface area (Å²) in [7, 11) is 0. The molecule has 0 radical (unpaired) electrons. The lowest BCUT2D eigenvalue weighted by Gasteiger charge is -2.27. The molecule has 0 saturated carbocycles. The number of hydrogen-bond acceptors (Lipinski definition) is 5. The van der Waals surface area contributed by atoms with E-state index in [-0.39, 0.29) is 16.8 Å². The van der Waals surface area contributed by atoms with E-state index in [1.807, 2.05) is 0 Å². The Morgan fingerprint density at radius 2 is 1.32 bits per heavy atom. The number of para-hydroxylation sites is 1. The van der Waals surface area contributed by atoms with Crippen LogP contribution in [0.4, 0.5) is 14.5 Å². The number of fused-ring (bicyclic) bond motifs is 3. The van der Waals surface area contributed by atoms with Gasteiger partial charge in [-0.25, -0.2) is 13.7 Å². The third kappa shape index (κ3) is 2.46. The number of imide groups is 1. The normalized spacial score (nSPS) is 24.8. The molecule has 3 aromatic rings. The van der Waals surface area contributed by atoms with Crippen molar-refractivity contribution < 1.29 is 32.7 Å². The van der Waals surface area contributed by atoms with Gasteiger partial charge in [0, 0.05) is 11.1 Å². The number of rotatable bonds is 2. The first-order chi connectivity index (χ1) is 16.4. The number of hydrogen-bond donors (Lipinski definition) is 0. The molecule has 0 bridgehead atoms. The van der Waals surface area contributed by atoms with Crippen LogP contribution in [-0.2, 0) is 14.3 Å². The summed E-state index contributed by atoms with van der Waals surface area (Å²) in [4.78, 5) is 55.2. The molecule has 0 N–H and O–H groups in total. The molecule has 3 atom stereocenters. The molecule has 3 aliphatic rings. The SMILES string of the molecule is O=C1[C@@H]2[C@H](c3ccc(F)cc3)OC3(C(=O)c4ccccc4C3=O)[C@H]2C(=O)N1c1ccccc1F. The minimum absolute atomic E-state index is 0.0931. The first kappa shape index (κ1) is 20.6. The van der Waals surface area contributed by atoms with E-state index < -0.39 is 58.6 Å². The first-order valence-electron chi connectivity index (χ1n) is 10.6. The maximum Gasteiger partial charge on any atom is 0.241 e. The Balaban J connectivity index is 1.56. The zero-order valence-corrected chi connectivity index (χ0v) is 17.4. The number of carbonyl (C=O) groups excluding carboxylic acids is 4.